The summed E-state index contributed by atoms with van der Waals surface area (Å²) in [4.78, 5) is 20.5. The fourth-order valence-electron chi connectivity index (χ4n) is 3.07. The summed E-state index contributed by atoms with van der Waals surface area (Å²) in [5, 5.41) is 6.60. The van der Waals surface area contributed by atoms with Gasteiger partial charge in [-0.15, -0.1) is 0 Å². The number of rotatable bonds is 5. The van der Waals surface area contributed by atoms with Crippen LogP contribution in [-0.4, -0.2) is 27.5 Å². The molecular weight excluding hydrogens is 402 g/mol. The lowest BCUT2D eigenvalue weighted by atomic mass is 10.2. The highest BCUT2D eigenvalue weighted by atomic mass is 35.5. The molecule has 0 saturated carbocycles. The van der Waals surface area contributed by atoms with Gasteiger partial charge >= 0.3 is 0 Å². The third-order valence-electron chi connectivity index (χ3n) is 4.69. The summed E-state index contributed by atoms with van der Waals surface area (Å²) in [6, 6.07) is 14.7. The second kappa shape index (κ2) is 8.04. The molecule has 2 N–H and O–H groups in total. The summed E-state index contributed by atoms with van der Waals surface area (Å²) >= 11 is 6.11. The lowest BCUT2D eigenvalue weighted by Gasteiger charge is -2.08. The van der Waals surface area contributed by atoms with Crippen molar-refractivity contribution in [1.29, 1.82) is 0 Å². The summed E-state index contributed by atoms with van der Waals surface area (Å²) in [6.07, 6.45) is 1.54. The van der Waals surface area contributed by atoms with Gasteiger partial charge in [-0.1, -0.05) is 11.6 Å². The Morgan fingerprint density at radius 2 is 1.90 bits per heavy atom. The number of amides is 1. The quantitative estimate of drug-likeness (QED) is 0.482. The van der Waals surface area contributed by atoms with Gasteiger partial charge in [0.25, 0.3) is 5.91 Å². The standard InChI is InChI=1S/C22H20ClN5O2/c1-13-10-14(4-6-17(13)23)26-22-27-18-11-15(5-7-20(18)28(22)3)30-16-8-9-25-19(12-16)21(29)24-2/h4-12H,1-3H3,(H,24,29)(H,26,27). The molecule has 0 bridgehead atoms. The van der Waals surface area contributed by atoms with Gasteiger partial charge in [0.2, 0.25) is 5.95 Å². The molecule has 30 heavy (non-hydrogen) atoms. The molecule has 0 aliphatic carbocycles. The predicted octanol–water partition coefficient (Wildman–Crippen LogP) is 4.83. The molecule has 4 rings (SSSR count). The van der Waals surface area contributed by atoms with E-state index in [2.05, 4.69) is 20.6 Å². The van der Waals surface area contributed by atoms with Crippen molar-refractivity contribution in [1.82, 2.24) is 19.9 Å². The first kappa shape index (κ1) is 19.7. The number of aromatic nitrogens is 3. The highest BCUT2D eigenvalue weighted by molar-refractivity contribution is 6.31. The Hall–Kier alpha value is -3.58. The minimum atomic E-state index is -0.270. The molecule has 7 nitrogen and oxygen atoms in total. The van der Waals surface area contributed by atoms with Crippen LogP contribution in [0.4, 0.5) is 11.6 Å². The zero-order chi connectivity index (χ0) is 21.3. The maximum absolute atomic E-state index is 11.8. The van der Waals surface area contributed by atoms with E-state index in [0.29, 0.717) is 23.1 Å². The molecule has 0 saturated heterocycles. The van der Waals surface area contributed by atoms with Crippen LogP contribution in [0.2, 0.25) is 5.02 Å². The van der Waals surface area contributed by atoms with Crippen LogP contribution in [0.15, 0.2) is 54.7 Å². The van der Waals surface area contributed by atoms with Crippen LogP contribution in [0.5, 0.6) is 11.5 Å². The third-order valence-corrected chi connectivity index (χ3v) is 5.12. The van der Waals surface area contributed by atoms with Crippen molar-refractivity contribution in [3.63, 3.8) is 0 Å². The van der Waals surface area contributed by atoms with Crippen molar-refractivity contribution in [2.75, 3.05) is 12.4 Å². The van der Waals surface area contributed by atoms with Crippen LogP contribution in [0, 0.1) is 6.92 Å². The maximum Gasteiger partial charge on any atom is 0.269 e. The minimum Gasteiger partial charge on any atom is -0.457 e. The van der Waals surface area contributed by atoms with Gasteiger partial charge in [-0.2, -0.15) is 0 Å². The van der Waals surface area contributed by atoms with Gasteiger partial charge in [0.15, 0.2) is 0 Å². The minimum absolute atomic E-state index is 0.270. The number of aryl methyl sites for hydroxylation is 2. The van der Waals surface area contributed by atoms with Gasteiger partial charge < -0.3 is 19.9 Å². The highest BCUT2D eigenvalue weighted by Gasteiger charge is 2.11. The predicted molar refractivity (Wildman–Crippen MR) is 118 cm³/mol. The Labute approximate surface area is 178 Å². The van der Waals surface area contributed by atoms with Crippen LogP contribution in [0.25, 0.3) is 11.0 Å². The second-order valence-electron chi connectivity index (χ2n) is 6.79. The fraction of sp³-hybridized carbons (Fsp3) is 0.136. The summed E-state index contributed by atoms with van der Waals surface area (Å²) in [6.45, 7) is 1.96. The number of nitrogens with zero attached hydrogens (tertiary/aromatic N) is 3. The molecule has 0 aliphatic heterocycles. The van der Waals surface area contributed by atoms with E-state index in [0.717, 1.165) is 27.3 Å². The molecule has 0 fully saturated rings. The van der Waals surface area contributed by atoms with E-state index in [1.54, 1.807) is 19.2 Å². The lowest BCUT2D eigenvalue weighted by Crippen LogP contribution is -2.18. The van der Waals surface area contributed by atoms with Crippen molar-refractivity contribution < 1.29 is 9.53 Å². The van der Waals surface area contributed by atoms with Crippen molar-refractivity contribution in [3.8, 4) is 11.5 Å². The lowest BCUT2D eigenvalue weighted by molar-refractivity contribution is 0.0958. The van der Waals surface area contributed by atoms with Crippen LogP contribution in [-0.2, 0) is 7.05 Å². The number of halogens is 1. The third kappa shape index (κ3) is 3.92. The number of pyridine rings is 1. The number of hydrogen-bond donors (Lipinski definition) is 2. The molecule has 8 heteroatoms. The average Bonchev–Trinajstić information content (AvgIpc) is 3.05. The molecule has 4 aromatic rings. The number of carbonyl (C=O) groups excluding carboxylic acids is 1. The van der Waals surface area contributed by atoms with E-state index in [-0.39, 0.29) is 5.91 Å². The van der Waals surface area contributed by atoms with E-state index in [9.17, 15) is 4.79 Å². The summed E-state index contributed by atoms with van der Waals surface area (Å²) in [5.41, 5.74) is 3.92. The van der Waals surface area contributed by atoms with Crippen molar-refractivity contribution in [2.45, 2.75) is 6.92 Å². The normalized spacial score (nSPS) is 10.8. The van der Waals surface area contributed by atoms with Crippen LogP contribution in [0.1, 0.15) is 16.1 Å². The number of benzene rings is 2. The van der Waals surface area contributed by atoms with E-state index in [4.69, 9.17) is 16.3 Å². The first-order valence-electron chi connectivity index (χ1n) is 9.30. The van der Waals surface area contributed by atoms with Gasteiger partial charge in [0.05, 0.1) is 11.0 Å². The Morgan fingerprint density at radius 1 is 1.10 bits per heavy atom. The number of anilines is 2. The SMILES string of the molecule is CNC(=O)c1cc(Oc2ccc3c(c2)nc(Nc2ccc(Cl)c(C)c2)n3C)ccn1. The molecule has 0 aliphatic rings. The molecular formula is C22H20ClN5O2. The molecule has 0 unspecified atom stereocenters. The van der Waals surface area contributed by atoms with Crippen LogP contribution < -0.4 is 15.4 Å². The van der Waals surface area contributed by atoms with Gasteiger partial charge in [0.1, 0.15) is 17.2 Å². The fourth-order valence-corrected chi connectivity index (χ4v) is 3.19. The number of imidazole rings is 1. The number of nitrogens with one attached hydrogen (secondary N) is 2. The van der Waals surface area contributed by atoms with Gasteiger partial charge in [-0.25, -0.2) is 4.98 Å². The Kier molecular flexibility index (Phi) is 5.29. The van der Waals surface area contributed by atoms with E-state index < -0.39 is 0 Å². The molecule has 2 aromatic carbocycles. The Balaban J connectivity index is 1.60. The number of fused-ring (bicyclic) bond motifs is 1. The summed E-state index contributed by atoms with van der Waals surface area (Å²) in [5.74, 6) is 1.57. The smallest absolute Gasteiger partial charge is 0.269 e. The zero-order valence-corrected chi connectivity index (χ0v) is 17.5. The molecule has 2 heterocycles. The second-order valence-corrected chi connectivity index (χ2v) is 7.20. The summed E-state index contributed by atoms with van der Waals surface area (Å²) < 4.78 is 7.89. The molecule has 2 aromatic heterocycles. The monoisotopic (exact) mass is 421 g/mol. The number of hydrogen-bond acceptors (Lipinski definition) is 5. The Morgan fingerprint density at radius 3 is 2.67 bits per heavy atom. The van der Waals surface area contributed by atoms with Crippen molar-refractivity contribution in [3.05, 3.63) is 71.0 Å². The summed E-state index contributed by atoms with van der Waals surface area (Å²) in [7, 11) is 3.50. The largest absolute Gasteiger partial charge is 0.457 e. The molecule has 0 atom stereocenters. The van der Waals surface area contributed by atoms with Gasteiger partial charge in [-0.05, 0) is 48.9 Å². The van der Waals surface area contributed by atoms with Gasteiger partial charge in [0, 0.05) is 43.1 Å². The van der Waals surface area contributed by atoms with Crippen LogP contribution >= 0.6 is 11.6 Å². The van der Waals surface area contributed by atoms with E-state index >= 15 is 0 Å². The number of carbonyl (C=O) groups is 1. The topological polar surface area (TPSA) is 81.1 Å². The van der Waals surface area contributed by atoms with E-state index in [1.165, 1.54) is 6.20 Å². The number of ether oxygens (including phenoxy) is 1. The molecule has 1 amide bonds. The molecule has 152 valence electrons. The Bertz CT molecular complexity index is 1250. The zero-order valence-electron chi connectivity index (χ0n) is 16.7. The highest BCUT2D eigenvalue weighted by Crippen LogP contribution is 2.29. The van der Waals surface area contributed by atoms with Crippen molar-refractivity contribution in [2.24, 2.45) is 7.05 Å². The van der Waals surface area contributed by atoms with Gasteiger partial charge in [-0.3, -0.25) is 9.78 Å². The van der Waals surface area contributed by atoms with E-state index in [1.807, 2.05) is 54.9 Å². The van der Waals surface area contributed by atoms with Crippen molar-refractivity contribution >= 4 is 40.2 Å². The molecule has 0 radical (unpaired) electrons. The first-order chi connectivity index (χ1) is 14.4. The first-order valence-corrected chi connectivity index (χ1v) is 9.68. The molecule has 0 spiro atoms. The average molecular weight is 422 g/mol. The maximum atomic E-state index is 11.8. The van der Waals surface area contributed by atoms with Crippen LogP contribution in [0.3, 0.4) is 0 Å².